The summed E-state index contributed by atoms with van der Waals surface area (Å²) in [5, 5.41) is 6.56. The van der Waals surface area contributed by atoms with Gasteiger partial charge in [-0.2, -0.15) is 0 Å². The molecule has 8 heavy (non-hydrogen) atoms. The fourth-order valence-electron chi connectivity index (χ4n) is 1.10. The molecule has 0 aliphatic carbocycles. The molecule has 2 heteroatoms. The number of piperidine rings is 1. The van der Waals surface area contributed by atoms with E-state index >= 15 is 0 Å². The van der Waals surface area contributed by atoms with Crippen molar-refractivity contribution in [3.8, 4) is 0 Å². The number of hydrogen-bond acceptors (Lipinski definition) is 2. The average molecular weight is 114 g/mol. The van der Waals surface area contributed by atoms with E-state index < -0.39 is 0 Å². The molecule has 1 rings (SSSR count). The minimum Gasteiger partial charge on any atom is -0.316 e. The van der Waals surface area contributed by atoms with E-state index in [1.165, 1.54) is 19.4 Å². The zero-order valence-corrected chi connectivity index (χ0v) is 5.41. The van der Waals surface area contributed by atoms with E-state index in [0.29, 0.717) is 0 Å². The van der Waals surface area contributed by atoms with Gasteiger partial charge in [-0.25, -0.2) is 0 Å². The van der Waals surface area contributed by atoms with Crippen LogP contribution in [-0.4, -0.2) is 26.2 Å². The molecule has 0 radical (unpaired) electrons. The maximum atomic E-state index is 3.32. The number of rotatable bonds is 1. The molecular weight excluding hydrogens is 100 g/mol. The summed E-state index contributed by atoms with van der Waals surface area (Å²) in [4.78, 5) is 0. The lowest BCUT2D eigenvalue weighted by Crippen LogP contribution is -2.41. The Hall–Kier alpha value is -0.0800. The summed E-state index contributed by atoms with van der Waals surface area (Å²) < 4.78 is 0. The van der Waals surface area contributed by atoms with Gasteiger partial charge in [-0.1, -0.05) is 0 Å². The molecule has 0 aromatic rings. The summed E-state index contributed by atoms with van der Waals surface area (Å²) in [7, 11) is 2.03. The van der Waals surface area contributed by atoms with Gasteiger partial charge in [0.25, 0.3) is 0 Å². The van der Waals surface area contributed by atoms with E-state index in [9.17, 15) is 0 Å². The quantitative estimate of drug-likeness (QED) is 0.500. The Morgan fingerprint density at radius 3 is 2.88 bits per heavy atom. The molecule has 0 amide bonds. The third-order valence-corrected chi connectivity index (χ3v) is 1.71. The van der Waals surface area contributed by atoms with Gasteiger partial charge in [-0.05, 0) is 26.4 Å². The molecule has 1 aliphatic heterocycles. The Kier molecular flexibility index (Phi) is 2.30. The first-order valence-corrected chi connectivity index (χ1v) is 3.31. The van der Waals surface area contributed by atoms with Gasteiger partial charge in [0.05, 0.1) is 0 Å². The summed E-state index contributed by atoms with van der Waals surface area (Å²) in [5.41, 5.74) is 0. The largest absolute Gasteiger partial charge is 0.316 e. The van der Waals surface area contributed by atoms with Crippen molar-refractivity contribution in [2.45, 2.75) is 18.9 Å². The first kappa shape index (κ1) is 6.05. The SMILES string of the molecule is CN[C@@H]1CCCNC1. The van der Waals surface area contributed by atoms with Crippen LogP contribution in [0.3, 0.4) is 0 Å². The highest BCUT2D eigenvalue weighted by Crippen LogP contribution is 1.98. The molecule has 1 heterocycles. The topological polar surface area (TPSA) is 24.1 Å². The Bertz CT molecular complexity index is 57.5. The maximum absolute atomic E-state index is 3.32. The van der Waals surface area contributed by atoms with Gasteiger partial charge in [0.1, 0.15) is 0 Å². The standard InChI is InChI=1S/C6H14N2/c1-7-6-3-2-4-8-5-6/h6-8H,2-5H2,1H3/t6-/m1/s1. The molecule has 0 aromatic carbocycles. The second kappa shape index (κ2) is 3.05. The Labute approximate surface area is 50.7 Å². The molecule has 1 atom stereocenters. The molecule has 48 valence electrons. The molecule has 1 saturated heterocycles. The lowest BCUT2D eigenvalue weighted by molar-refractivity contribution is 0.412. The normalized spacial score (nSPS) is 30.4. The zero-order valence-electron chi connectivity index (χ0n) is 5.41. The predicted octanol–water partition coefficient (Wildman–Crippen LogP) is -0.0422. The van der Waals surface area contributed by atoms with Crippen LogP contribution in [0.15, 0.2) is 0 Å². The van der Waals surface area contributed by atoms with Gasteiger partial charge < -0.3 is 10.6 Å². The Morgan fingerprint density at radius 1 is 1.62 bits per heavy atom. The number of hydrogen-bond donors (Lipinski definition) is 2. The molecule has 1 aliphatic rings. The van der Waals surface area contributed by atoms with Crippen LogP contribution in [0.5, 0.6) is 0 Å². The summed E-state index contributed by atoms with van der Waals surface area (Å²) in [6, 6.07) is 0.726. The molecule has 0 spiro atoms. The van der Waals surface area contributed by atoms with Gasteiger partial charge in [0.15, 0.2) is 0 Å². The molecule has 2 N–H and O–H groups in total. The molecular formula is C6H14N2. The second-order valence-electron chi connectivity index (χ2n) is 2.33. The third-order valence-electron chi connectivity index (χ3n) is 1.71. The van der Waals surface area contributed by atoms with Crippen molar-refractivity contribution in [2.75, 3.05) is 20.1 Å². The van der Waals surface area contributed by atoms with E-state index in [2.05, 4.69) is 10.6 Å². The highest BCUT2D eigenvalue weighted by Gasteiger charge is 2.08. The molecule has 2 nitrogen and oxygen atoms in total. The summed E-state index contributed by atoms with van der Waals surface area (Å²) in [6.07, 6.45) is 2.66. The first-order chi connectivity index (χ1) is 3.93. The van der Waals surface area contributed by atoms with Crippen molar-refractivity contribution >= 4 is 0 Å². The monoisotopic (exact) mass is 114 g/mol. The molecule has 0 saturated carbocycles. The minimum absolute atomic E-state index is 0.726. The highest BCUT2D eigenvalue weighted by atomic mass is 15.0. The van der Waals surface area contributed by atoms with Crippen molar-refractivity contribution in [3.05, 3.63) is 0 Å². The number of likely N-dealkylation sites (N-methyl/N-ethyl adjacent to an activating group) is 1. The second-order valence-corrected chi connectivity index (χ2v) is 2.33. The van der Waals surface area contributed by atoms with Crippen LogP contribution in [0.1, 0.15) is 12.8 Å². The fourth-order valence-corrected chi connectivity index (χ4v) is 1.10. The zero-order chi connectivity index (χ0) is 5.82. The fraction of sp³-hybridized carbons (Fsp3) is 1.00. The third kappa shape index (κ3) is 1.46. The van der Waals surface area contributed by atoms with Gasteiger partial charge >= 0.3 is 0 Å². The van der Waals surface area contributed by atoms with Crippen molar-refractivity contribution in [1.82, 2.24) is 10.6 Å². The van der Waals surface area contributed by atoms with Gasteiger partial charge in [0, 0.05) is 12.6 Å². The van der Waals surface area contributed by atoms with Gasteiger partial charge in [0.2, 0.25) is 0 Å². The van der Waals surface area contributed by atoms with Crippen LogP contribution in [0.4, 0.5) is 0 Å². The first-order valence-electron chi connectivity index (χ1n) is 3.31. The molecule has 0 aromatic heterocycles. The highest BCUT2D eigenvalue weighted by molar-refractivity contribution is 4.72. The predicted molar refractivity (Wildman–Crippen MR) is 35.0 cm³/mol. The Morgan fingerprint density at radius 2 is 2.50 bits per heavy atom. The van der Waals surface area contributed by atoms with E-state index in [1.54, 1.807) is 0 Å². The van der Waals surface area contributed by atoms with Crippen LogP contribution in [0.25, 0.3) is 0 Å². The summed E-state index contributed by atoms with van der Waals surface area (Å²) >= 11 is 0. The van der Waals surface area contributed by atoms with Crippen LogP contribution < -0.4 is 10.6 Å². The van der Waals surface area contributed by atoms with Crippen molar-refractivity contribution in [1.29, 1.82) is 0 Å². The lowest BCUT2D eigenvalue weighted by atomic mass is 10.1. The average Bonchev–Trinajstić information content (AvgIpc) is 1.90. The van der Waals surface area contributed by atoms with Crippen LogP contribution >= 0.6 is 0 Å². The van der Waals surface area contributed by atoms with Crippen LogP contribution in [0.2, 0.25) is 0 Å². The van der Waals surface area contributed by atoms with Gasteiger partial charge in [-0.3, -0.25) is 0 Å². The van der Waals surface area contributed by atoms with Crippen molar-refractivity contribution in [2.24, 2.45) is 0 Å². The van der Waals surface area contributed by atoms with Crippen LogP contribution in [0, 0.1) is 0 Å². The van der Waals surface area contributed by atoms with Crippen molar-refractivity contribution < 1.29 is 0 Å². The molecule has 0 unspecified atom stereocenters. The summed E-state index contributed by atoms with van der Waals surface area (Å²) in [6.45, 7) is 2.36. The minimum atomic E-state index is 0.726. The lowest BCUT2D eigenvalue weighted by Gasteiger charge is -2.21. The van der Waals surface area contributed by atoms with Gasteiger partial charge in [-0.15, -0.1) is 0 Å². The van der Waals surface area contributed by atoms with Crippen LogP contribution in [-0.2, 0) is 0 Å². The van der Waals surface area contributed by atoms with E-state index in [-0.39, 0.29) is 0 Å². The molecule has 1 fully saturated rings. The van der Waals surface area contributed by atoms with E-state index in [4.69, 9.17) is 0 Å². The maximum Gasteiger partial charge on any atom is 0.0189 e. The smallest absolute Gasteiger partial charge is 0.0189 e. The number of nitrogens with one attached hydrogen (secondary N) is 2. The van der Waals surface area contributed by atoms with Crippen molar-refractivity contribution in [3.63, 3.8) is 0 Å². The summed E-state index contributed by atoms with van der Waals surface area (Å²) in [5.74, 6) is 0. The van der Waals surface area contributed by atoms with E-state index in [0.717, 1.165) is 12.6 Å². The van der Waals surface area contributed by atoms with E-state index in [1.807, 2.05) is 7.05 Å². The molecule has 0 bridgehead atoms. The Balaban J connectivity index is 2.13.